The van der Waals surface area contributed by atoms with Gasteiger partial charge in [-0.05, 0) is 18.8 Å². The van der Waals surface area contributed by atoms with Crippen molar-refractivity contribution in [3.63, 3.8) is 0 Å². The van der Waals surface area contributed by atoms with Crippen molar-refractivity contribution in [2.75, 3.05) is 6.54 Å². The standard InChI is InChI=1S/C19H34N8O8/c1-8(2)14(17(33)26-11(18(34)35)7-13(29)30)27-16(32)10(6-12(21)28)25-15(31)9(20)4-3-5-24-19(22)23/h8-11,14H,3-7,20H2,1-2H3,(H2,21,28)(H,25,31)(H,26,33)(H,27,32)(H,29,30)(H,34,35)(H4,22,23,24). The molecular weight excluding hydrogens is 468 g/mol. The van der Waals surface area contributed by atoms with E-state index in [0.29, 0.717) is 6.42 Å². The van der Waals surface area contributed by atoms with Crippen LogP contribution >= 0.6 is 0 Å². The van der Waals surface area contributed by atoms with E-state index in [-0.39, 0.29) is 18.9 Å². The van der Waals surface area contributed by atoms with Gasteiger partial charge in [0.1, 0.15) is 18.1 Å². The summed E-state index contributed by atoms with van der Waals surface area (Å²) in [4.78, 5) is 75.0. The van der Waals surface area contributed by atoms with Gasteiger partial charge >= 0.3 is 11.9 Å². The van der Waals surface area contributed by atoms with Crippen LogP contribution in [0.25, 0.3) is 0 Å². The molecule has 35 heavy (non-hydrogen) atoms. The summed E-state index contributed by atoms with van der Waals surface area (Å²) in [5.74, 6) is -7.36. The number of carboxylic acid groups (broad SMARTS) is 2. The van der Waals surface area contributed by atoms with Crippen molar-refractivity contribution in [3.8, 4) is 0 Å². The van der Waals surface area contributed by atoms with Crippen LogP contribution in [-0.2, 0) is 28.8 Å². The first kappa shape index (κ1) is 31.0. The van der Waals surface area contributed by atoms with Crippen LogP contribution in [0.3, 0.4) is 0 Å². The van der Waals surface area contributed by atoms with E-state index in [9.17, 15) is 28.8 Å². The fourth-order valence-electron chi connectivity index (χ4n) is 2.76. The number of aliphatic carboxylic acids is 2. The van der Waals surface area contributed by atoms with Gasteiger partial charge in [0.05, 0.1) is 18.9 Å². The Hall–Kier alpha value is -3.95. The zero-order valence-electron chi connectivity index (χ0n) is 19.5. The van der Waals surface area contributed by atoms with Gasteiger partial charge in [0, 0.05) is 6.54 Å². The molecule has 0 heterocycles. The first-order valence-corrected chi connectivity index (χ1v) is 10.6. The van der Waals surface area contributed by atoms with Crippen LogP contribution in [0.4, 0.5) is 0 Å². The Balaban J connectivity index is 5.36. The average Bonchev–Trinajstić information content (AvgIpc) is 2.72. The number of primary amides is 1. The molecule has 16 nitrogen and oxygen atoms in total. The second-order valence-electron chi connectivity index (χ2n) is 8.01. The maximum atomic E-state index is 12.8. The van der Waals surface area contributed by atoms with Crippen molar-refractivity contribution in [2.45, 2.75) is 63.7 Å². The number of hydrogen-bond acceptors (Lipinski definition) is 8. The Morgan fingerprint density at radius 1 is 0.829 bits per heavy atom. The van der Waals surface area contributed by atoms with Crippen molar-refractivity contribution in [1.82, 2.24) is 16.0 Å². The topological polar surface area (TPSA) is 295 Å². The highest BCUT2D eigenvalue weighted by atomic mass is 16.4. The van der Waals surface area contributed by atoms with Gasteiger partial charge in [-0.2, -0.15) is 0 Å². The summed E-state index contributed by atoms with van der Waals surface area (Å²) >= 11 is 0. The van der Waals surface area contributed by atoms with E-state index < -0.39 is 78.5 Å². The van der Waals surface area contributed by atoms with E-state index in [1.807, 2.05) is 5.32 Å². The Morgan fingerprint density at radius 3 is 1.86 bits per heavy atom. The van der Waals surface area contributed by atoms with E-state index in [1.165, 1.54) is 13.8 Å². The minimum atomic E-state index is -1.74. The molecule has 0 aromatic carbocycles. The number of carboxylic acids is 2. The quantitative estimate of drug-likeness (QED) is 0.0555. The van der Waals surface area contributed by atoms with Gasteiger partial charge in [-0.1, -0.05) is 13.8 Å². The first-order valence-electron chi connectivity index (χ1n) is 10.6. The zero-order valence-corrected chi connectivity index (χ0v) is 19.5. The molecule has 0 aliphatic carbocycles. The van der Waals surface area contributed by atoms with Gasteiger partial charge in [0.25, 0.3) is 0 Å². The lowest BCUT2D eigenvalue weighted by atomic mass is 10.0. The Kier molecular flexibility index (Phi) is 13.4. The fraction of sp³-hybridized carbons (Fsp3) is 0.632. The highest BCUT2D eigenvalue weighted by Gasteiger charge is 2.33. The second kappa shape index (κ2) is 15.0. The molecule has 198 valence electrons. The lowest BCUT2D eigenvalue weighted by molar-refractivity contribution is -0.147. The third-order valence-corrected chi connectivity index (χ3v) is 4.58. The van der Waals surface area contributed by atoms with E-state index in [1.54, 1.807) is 0 Å². The van der Waals surface area contributed by atoms with Crippen LogP contribution in [0.2, 0.25) is 0 Å². The lowest BCUT2D eigenvalue weighted by Crippen LogP contribution is -2.59. The Labute approximate surface area is 201 Å². The number of rotatable bonds is 16. The molecular formula is C19H34N8O8. The van der Waals surface area contributed by atoms with Gasteiger partial charge < -0.3 is 49.1 Å². The van der Waals surface area contributed by atoms with E-state index in [2.05, 4.69) is 15.6 Å². The van der Waals surface area contributed by atoms with Crippen LogP contribution in [0.15, 0.2) is 4.99 Å². The molecule has 4 atom stereocenters. The van der Waals surface area contributed by atoms with Crippen molar-refractivity contribution >= 4 is 41.5 Å². The number of nitrogens with two attached hydrogens (primary N) is 4. The monoisotopic (exact) mass is 502 g/mol. The van der Waals surface area contributed by atoms with Crippen molar-refractivity contribution < 1.29 is 39.0 Å². The second-order valence-corrected chi connectivity index (χ2v) is 8.01. The molecule has 0 fully saturated rings. The average molecular weight is 503 g/mol. The predicted octanol–water partition coefficient (Wildman–Crippen LogP) is -4.09. The smallest absolute Gasteiger partial charge is 0.326 e. The van der Waals surface area contributed by atoms with Gasteiger partial charge in [-0.3, -0.25) is 29.0 Å². The minimum absolute atomic E-state index is 0.123. The van der Waals surface area contributed by atoms with Gasteiger partial charge in [0.2, 0.25) is 23.6 Å². The van der Waals surface area contributed by atoms with Crippen LogP contribution in [0.1, 0.15) is 39.5 Å². The van der Waals surface area contributed by atoms with Crippen LogP contribution < -0.4 is 38.9 Å². The molecule has 0 bridgehead atoms. The number of carbonyl (C=O) groups excluding carboxylic acids is 4. The maximum Gasteiger partial charge on any atom is 0.326 e. The van der Waals surface area contributed by atoms with Crippen LogP contribution in [0, 0.1) is 5.92 Å². The summed E-state index contributed by atoms with van der Waals surface area (Å²) < 4.78 is 0. The van der Waals surface area contributed by atoms with Crippen molar-refractivity contribution in [1.29, 1.82) is 0 Å². The molecule has 0 aromatic rings. The largest absolute Gasteiger partial charge is 0.481 e. The number of amides is 4. The molecule has 16 heteroatoms. The number of nitrogens with one attached hydrogen (secondary N) is 3. The van der Waals surface area contributed by atoms with Gasteiger partial charge in [0.15, 0.2) is 5.96 Å². The minimum Gasteiger partial charge on any atom is -0.481 e. The highest BCUT2D eigenvalue weighted by molar-refractivity contribution is 5.96. The molecule has 0 radical (unpaired) electrons. The van der Waals surface area contributed by atoms with Crippen LogP contribution in [0.5, 0.6) is 0 Å². The summed E-state index contributed by atoms with van der Waals surface area (Å²) in [7, 11) is 0. The predicted molar refractivity (Wildman–Crippen MR) is 122 cm³/mol. The van der Waals surface area contributed by atoms with Gasteiger partial charge in [-0.15, -0.1) is 0 Å². The number of nitrogens with zero attached hydrogens (tertiary/aromatic N) is 1. The van der Waals surface area contributed by atoms with E-state index in [0.717, 1.165) is 0 Å². The van der Waals surface area contributed by atoms with Crippen LogP contribution in [-0.4, -0.2) is 82.5 Å². The molecule has 0 aromatic heterocycles. The number of guanidine groups is 1. The van der Waals surface area contributed by atoms with E-state index >= 15 is 0 Å². The lowest BCUT2D eigenvalue weighted by Gasteiger charge is -2.26. The zero-order chi connectivity index (χ0) is 27.3. The Morgan fingerprint density at radius 2 is 1.40 bits per heavy atom. The number of aliphatic imine (C=N–C) groups is 1. The summed E-state index contributed by atoms with van der Waals surface area (Å²) in [5.41, 5.74) is 21.4. The first-order chi connectivity index (χ1) is 16.1. The molecule has 0 rings (SSSR count). The maximum absolute atomic E-state index is 12.8. The molecule has 4 unspecified atom stereocenters. The van der Waals surface area contributed by atoms with Crippen molar-refractivity contribution in [2.24, 2.45) is 33.8 Å². The molecule has 0 saturated carbocycles. The molecule has 0 aliphatic heterocycles. The Bertz CT molecular complexity index is 828. The molecule has 13 N–H and O–H groups in total. The van der Waals surface area contributed by atoms with Gasteiger partial charge in [-0.25, -0.2) is 4.79 Å². The fourth-order valence-corrected chi connectivity index (χ4v) is 2.76. The summed E-state index contributed by atoms with van der Waals surface area (Å²) in [6, 6.07) is -5.61. The van der Waals surface area contributed by atoms with E-state index in [4.69, 9.17) is 33.1 Å². The normalized spacial score (nSPS) is 14.1. The third-order valence-electron chi connectivity index (χ3n) is 4.58. The summed E-state index contributed by atoms with van der Waals surface area (Å²) in [6.07, 6.45) is -0.983. The third kappa shape index (κ3) is 12.8. The number of carbonyl (C=O) groups is 6. The summed E-state index contributed by atoms with van der Waals surface area (Å²) in [6.45, 7) is 3.29. The molecule has 0 spiro atoms. The van der Waals surface area contributed by atoms with Crippen molar-refractivity contribution in [3.05, 3.63) is 0 Å². The highest BCUT2D eigenvalue weighted by Crippen LogP contribution is 2.06. The summed E-state index contributed by atoms with van der Waals surface area (Å²) in [5, 5.41) is 24.6. The molecule has 0 aliphatic rings. The molecule has 4 amide bonds. The molecule has 0 saturated heterocycles. The number of hydrogen-bond donors (Lipinski definition) is 9. The SMILES string of the molecule is CC(C)C(NC(=O)C(CC(N)=O)NC(=O)C(N)CCCN=C(N)N)C(=O)NC(CC(=O)O)C(=O)O.